The Morgan fingerprint density at radius 3 is 2.68 bits per heavy atom. The third-order valence-electron chi connectivity index (χ3n) is 4.42. The van der Waals surface area contributed by atoms with Gasteiger partial charge in [0.2, 0.25) is 0 Å². The van der Waals surface area contributed by atoms with Crippen molar-refractivity contribution in [1.29, 1.82) is 0 Å². The van der Waals surface area contributed by atoms with E-state index >= 15 is 0 Å². The number of carbonyl (C=O) groups excluding carboxylic acids is 2. The van der Waals surface area contributed by atoms with Crippen molar-refractivity contribution in [3.8, 4) is 5.75 Å². The average molecular weight is 435 g/mol. The second-order valence-electron chi connectivity index (χ2n) is 6.48. The van der Waals surface area contributed by atoms with Crippen LogP contribution in [0.2, 0.25) is 0 Å². The molecule has 0 saturated heterocycles. The summed E-state index contributed by atoms with van der Waals surface area (Å²) in [5.74, 6) is -0.268. The van der Waals surface area contributed by atoms with Gasteiger partial charge in [-0.3, -0.25) is 14.0 Å². The van der Waals surface area contributed by atoms with Crippen LogP contribution in [-0.2, 0) is 11.3 Å². The van der Waals surface area contributed by atoms with Crippen LogP contribution < -0.4 is 15.6 Å². The monoisotopic (exact) mass is 435 g/mol. The summed E-state index contributed by atoms with van der Waals surface area (Å²) in [5.41, 5.74) is 1.45. The van der Waals surface area contributed by atoms with Crippen molar-refractivity contribution in [3.05, 3.63) is 93.3 Å². The number of anilines is 1. The zero-order valence-corrected chi connectivity index (χ0v) is 17.2. The molecule has 0 aliphatic heterocycles. The highest BCUT2D eigenvalue weighted by Gasteiger charge is 2.11. The summed E-state index contributed by atoms with van der Waals surface area (Å²) in [5, 5.41) is 4.52. The molecule has 0 fully saturated rings. The van der Waals surface area contributed by atoms with Gasteiger partial charge in [-0.25, -0.2) is 9.78 Å². The van der Waals surface area contributed by atoms with Gasteiger partial charge in [0.15, 0.2) is 4.96 Å². The fourth-order valence-corrected chi connectivity index (χ4v) is 3.58. The first-order valence-corrected chi connectivity index (χ1v) is 10.1. The molecule has 0 radical (unpaired) electrons. The van der Waals surface area contributed by atoms with E-state index in [0.717, 1.165) is 0 Å². The summed E-state index contributed by atoms with van der Waals surface area (Å²) in [6.07, 6.45) is 1.64. The summed E-state index contributed by atoms with van der Waals surface area (Å²) in [6, 6.07) is 14.4. The van der Waals surface area contributed by atoms with Crippen molar-refractivity contribution in [2.24, 2.45) is 0 Å². The molecule has 8 nitrogen and oxygen atoms in total. The molecule has 0 bridgehead atoms. The van der Waals surface area contributed by atoms with Crippen molar-refractivity contribution >= 4 is 33.9 Å². The lowest BCUT2D eigenvalue weighted by molar-refractivity contribution is 0.0467. The molecule has 156 valence electrons. The molecule has 0 atom stereocenters. The van der Waals surface area contributed by atoms with Gasteiger partial charge in [-0.05, 0) is 42.5 Å². The number of hydrogen-bond donors (Lipinski definition) is 1. The number of amides is 1. The van der Waals surface area contributed by atoms with Crippen LogP contribution in [0.3, 0.4) is 0 Å². The maximum absolute atomic E-state index is 12.4. The highest BCUT2D eigenvalue weighted by molar-refractivity contribution is 7.15. The number of fused-ring (bicyclic) bond motifs is 1. The fraction of sp³-hybridized carbons (Fsp3) is 0.0909. The van der Waals surface area contributed by atoms with Gasteiger partial charge in [0.05, 0.1) is 18.4 Å². The topological polar surface area (TPSA) is 99.0 Å². The summed E-state index contributed by atoms with van der Waals surface area (Å²) in [6.45, 7) is -0.114. The van der Waals surface area contributed by atoms with Crippen molar-refractivity contribution < 1.29 is 19.1 Å². The molecule has 0 aliphatic rings. The minimum atomic E-state index is -0.557. The van der Waals surface area contributed by atoms with Crippen LogP contribution in [0.4, 0.5) is 5.69 Å². The van der Waals surface area contributed by atoms with Gasteiger partial charge in [-0.2, -0.15) is 0 Å². The zero-order valence-electron chi connectivity index (χ0n) is 16.4. The number of benzene rings is 2. The van der Waals surface area contributed by atoms with Crippen molar-refractivity contribution in [3.63, 3.8) is 0 Å². The smallest absolute Gasteiger partial charge is 0.338 e. The lowest BCUT2D eigenvalue weighted by Gasteiger charge is -2.08. The molecular formula is C22H17N3O5S. The molecule has 2 aromatic heterocycles. The predicted molar refractivity (Wildman–Crippen MR) is 116 cm³/mol. The second kappa shape index (κ2) is 8.80. The molecule has 4 rings (SSSR count). The van der Waals surface area contributed by atoms with E-state index in [1.54, 1.807) is 60.1 Å². The number of nitrogens with one attached hydrogen (secondary N) is 1. The molecule has 1 amide bonds. The Labute approximate surface area is 180 Å². The van der Waals surface area contributed by atoms with E-state index < -0.39 is 5.97 Å². The quantitative estimate of drug-likeness (QED) is 0.466. The minimum Gasteiger partial charge on any atom is -0.497 e. The van der Waals surface area contributed by atoms with E-state index in [1.165, 1.54) is 28.9 Å². The first-order chi connectivity index (χ1) is 15.0. The van der Waals surface area contributed by atoms with Crippen LogP contribution in [0, 0.1) is 0 Å². The van der Waals surface area contributed by atoms with Gasteiger partial charge in [0.25, 0.3) is 11.5 Å². The lowest BCUT2D eigenvalue weighted by atomic mass is 10.1. The standard InChI is InChI=1S/C22H17N3O5S/c1-29-18-4-2-3-15(11-18)20(27)23-16-7-5-14(6-8-16)21(28)30-13-17-12-19(26)25-9-10-31-22(25)24-17/h2-12H,13H2,1H3,(H,23,27). The van der Waals surface area contributed by atoms with Crippen LogP contribution in [0.25, 0.3) is 4.96 Å². The van der Waals surface area contributed by atoms with E-state index in [9.17, 15) is 14.4 Å². The summed E-state index contributed by atoms with van der Waals surface area (Å²) < 4.78 is 11.8. The number of methoxy groups -OCH3 is 1. The van der Waals surface area contributed by atoms with Crippen LogP contribution in [0.5, 0.6) is 5.75 Å². The highest BCUT2D eigenvalue weighted by atomic mass is 32.1. The summed E-state index contributed by atoms with van der Waals surface area (Å²) in [4.78, 5) is 41.5. The normalized spacial score (nSPS) is 10.6. The van der Waals surface area contributed by atoms with E-state index in [0.29, 0.717) is 33.2 Å². The Hall–Kier alpha value is -3.98. The Morgan fingerprint density at radius 2 is 1.90 bits per heavy atom. The number of aromatic nitrogens is 2. The fourth-order valence-electron chi connectivity index (χ4n) is 2.84. The maximum Gasteiger partial charge on any atom is 0.338 e. The summed E-state index contributed by atoms with van der Waals surface area (Å²) in [7, 11) is 1.53. The van der Waals surface area contributed by atoms with Gasteiger partial charge < -0.3 is 14.8 Å². The molecule has 4 aromatic rings. The molecule has 31 heavy (non-hydrogen) atoms. The van der Waals surface area contributed by atoms with Crippen LogP contribution in [0.15, 0.2) is 71.0 Å². The molecular weight excluding hydrogens is 418 g/mol. The first kappa shape index (κ1) is 20.3. The van der Waals surface area contributed by atoms with Gasteiger partial charge in [-0.1, -0.05) is 6.07 Å². The Bertz CT molecular complexity index is 1310. The number of esters is 1. The maximum atomic E-state index is 12.4. The molecule has 0 spiro atoms. The molecule has 2 aromatic carbocycles. The average Bonchev–Trinajstić information content (AvgIpc) is 3.27. The largest absolute Gasteiger partial charge is 0.497 e. The van der Waals surface area contributed by atoms with Crippen molar-refractivity contribution in [2.75, 3.05) is 12.4 Å². The van der Waals surface area contributed by atoms with Crippen LogP contribution in [-0.4, -0.2) is 28.4 Å². The SMILES string of the molecule is COc1cccc(C(=O)Nc2ccc(C(=O)OCc3cc(=O)n4ccsc4n3)cc2)c1. The highest BCUT2D eigenvalue weighted by Crippen LogP contribution is 2.16. The number of thiazole rings is 1. The summed E-state index contributed by atoms with van der Waals surface area (Å²) >= 11 is 1.32. The van der Waals surface area contributed by atoms with Gasteiger partial charge in [0, 0.05) is 28.9 Å². The van der Waals surface area contributed by atoms with E-state index in [1.807, 2.05) is 0 Å². The molecule has 0 aliphatic carbocycles. The Balaban J connectivity index is 1.38. The molecule has 1 N–H and O–H groups in total. The lowest BCUT2D eigenvalue weighted by Crippen LogP contribution is -2.15. The number of nitrogens with zero attached hydrogens (tertiary/aromatic N) is 2. The first-order valence-electron chi connectivity index (χ1n) is 9.22. The Morgan fingerprint density at radius 1 is 1.10 bits per heavy atom. The molecule has 9 heteroatoms. The number of ether oxygens (including phenoxy) is 2. The van der Waals surface area contributed by atoms with Crippen LogP contribution in [0.1, 0.15) is 26.4 Å². The number of carbonyl (C=O) groups is 2. The van der Waals surface area contributed by atoms with E-state index in [2.05, 4.69) is 10.3 Å². The minimum absolute atomic E-state index is 0.114. The van der Waals surface area contributed by atoms with E-state index in [-0.39, 0.29) is 18.1 Å². The molecule has 2 heterocycles. The third kappa shape index (κ3) is 4.62. The van der Waals surface area contributed by atoms with Crippen molar-refractivity contribution in [2.45, 2.75) is 6.61 Å². The Kier molecular flexibility index (Phi) is 5.76. The second-order valence-corrected chi connectivity index (χ2v) is 7.35. The predicted octanol–water partition coefficient (Wildman–Crippen LogP) is 3.37. The van der Waals surface area contributed by atoms with E-state index in [4.69, 9.17) is 9.47 Å². The molecule has 0 saturated carbocycles. The number of rotatable bonds is 6. The molecule has 0 unspecified atom stereocenters. The van der Waals surface area contributed by atoms with Crippen molar-refractivity contribution in [1.82, 2.24) is 9.38 Å². The zero-order chi connectivity index (χ0) is 21.8. The van der Waals surface area contributed by atoms with Gasteiger partial charge in [-0.15, -0.1) is 11.3 Å². The van der Waals surface area contributed by atoms with Crippen LogP contribution >= 0.6 is 11.3 Å². The number of hydrogen-bond acceptors (Lipinski definition) is 7. The van der Waals surface area contributed by atoms with Gasteiger partial charge >= 0.3 is 5.97 Å². The van der Waals surface area contributed by atoms with Gasteiger partial charge in [0.1, 0.15) is 12.4 Å². The third-order valence-corrected chi connectivity index (χ3v) is 5.17.